The number of hydrogen-bond donors (Lipinski definition) is 2. The van der Waals surface area contributed by atoms with Gasteiger partial charge in [0.05, 0.1) is 5.54 Å². The van der Waals surface area contributed by atoms with Crippen LogP contribution in [-0.4, -0.2) is 43.0 Å². The smallest absolute Gasteiger partial charge is 0.237 e. The third kappa shape index (κ3) is 4.94. The van der Waals surface area contributed by atoms with Gasteiger partial charge in [-0.2, -0.15) is 0 Å². The quantitative estimate of drug-likeness (QED) is 0.619. The number of nitrogens with one attached hydrogen (secondary N) is 1. The van der Waals surface area contributed by atoms with Crippen LogP contribution in [0.4, 0.5) is 0 Å². The summed E-state index contributed by atoms with van der Waals surface area (Å²) in [5.74, 6) is -0.270. The fraction of sp³-hybridized carbons (Fsp3) is 0.917. The summed E-state index contributed by atoms with van der Waals surface area (Å²) < 4.78 is 0. The first-order valence-corrected chi connectivity index (χ1v) is 6.21. The van der Waals surface area contributed by atoms with Crippen LogP contribution in [0.1, 0.15) is 40.0 Å². The monoisotopic (exact) mass is 229 g/mol. The van der Waals surface area contributed by atoms with E-state index < -0.39 is 5.54 Å². The lowest BCUT2D eigenvalue weighted by atomic mass is 9.95. The van der Waals surface area contributed by atoms with Crippen LogP contribution >= 0.6 is 0 Å². The summed E-state index contributed by atoms with van der Waals surface area (Å²) in [6, 6.07) is 0. The van der Waals surface area contributed by atoms with Crippen LogP contribution in [0.2, 0.25) is 0 Å². The van der Waals surface area contributed by atoms with E-state index >= 15 is 0 Å². The molecule has 0 radical (unpaired) electrons. The van der Waals surface area contributed by atoms with E-state index in [-0.39, 0.29) is 5.91 Å². The summed E-state index contributed by atoms with van der Waals surface area (Å²) in [6.07, 6.45) is 2.96. The van der Waals surface area contributed by atoms with Gasteiger partial charge in [-0.25, -0.2) is 0 Å². The van der Waals surface area contributed by atoms with E-state index in [2.05, 4.69) is 24.1 Å². The summed E-state index contributed by atoms with van der Waals surface area (Å²) in [6.45, 7) is 9.45. The Morgan fingerprint density at radius 3 is 2.38 bits per heavy atom. The zero-order valence-corrected chi connectivity index (χ0v) is 11.2. The lowest BCUT2D eigenvalue weighted by molar-refractivity contribution is -0.123. The van der Waals surface area contributed by atoms with E-state index in [9.17, 15) is 4.79 Å². The van der Waals surface area contributed by atoms with Crippen LogP contribution < -0.4 is 11.1 Å². The number of nitrogens with two attached hydrogens (primary N) is 1. The second kappa shape index (κ2) is 7.63. The molecule has 0 aromatic heterocycles. The number of nitrogens with zero attached hydrogens (tertiary/aromatic N) is 1. The fourth-order valence-electron chi connectivity index (χ4n) is 1.77. The van der Waals surface area contributed by atoms with Gasteiger partial charge in [-0.3, -0.25) is 4.79 Å². The van der Waals surface area contributed by atoms with Gasteiger partial charge in [0, 0.05) is 0 Å². The molecule has 1 atom stereocenters. The van der Waals surface area contributed by atoms with Crippen molar-refractivity contribution >= 4 is 5.91 Å². The van der Waals surface area contributed by atoms with E-state index in [1.54, 1.807) is 7.05 Å². The van der Waals surface area contributed by atoms with Crippen molar-refractivity contribution in [2.75, 3.05) is 26.7 Å². The molecule has 16 heavy (non-hydrogen) atoms. The van der Waals surface area contributed by atoms with Gasteiger partial charge >= 0.3 is 0 Å². The van der Waals surface area contributed by atoms with Crippen molar-refractivity contribution in [2.45, 2.75) is 45.6 Å². The van der Waals surface area contributed by atoms with Crippen molar-refractivity contribution in [2.24, 2.45) is 5.73 Å². The fourth-order valence-corrected chi connectivity index (χ4v) is 1.77. The van der Waals surface area contributed by atoms with Crippen LogP contribution in [0.3, 0.4) is 0 Å². The number of primary amides is 1. The summed E-state index contributed by atoms with van der Waals surface area (Å²) in [5, 5.41) is 3.01. The Labute approximate surface area is 99.6 Å². The maximum absolute atomic E-state index is 11.3. The van der Waals surface area contributed by atoms with Crippen molar-refractivity contribution in [3.8, 4) is 0 Å². The van der Waals surface area contributed by atoms with Crippen LogP contribution in [0.15, 0.2) is 0 Å². The van der Waals surface area contributed by atoms with Crippen LogP contribution in [0, 0.1) is 0 Å². The Balaban J connectivity index is 3.98. The molecule has 0 saturated carbocycles. The van der Waals surface area contributed by atoms with E-state index in [1.807, 2.05) is 6.92 Å². The molecule has 0 rings (SSSR count). The van der Waals surface area contributed by atoms with Gasteiger partial charge in [0.15, 0.2) is 0 Å². The second-order valence-electron chi connectivity index (χ2n) is 4.48. The maximum Gasteiger partial charge on any atom is 0.237 e. The standard InChI is InChI=1S/C12H27N3O/c1-5-9-15(6-2)10-7-8-12(3,14-4)11(13)16/h14H,5-10H2,1-4H3,(H2,13,16). The Morgan fingerprint density at radius 1 is 1.38 bits per heavy atom. The molecule has 96 valence electrons. The van der Waals surface area contributed by atoms with Crippen molar-refractivity contribution in [3.05, 3.63) is 0 Å². The van der Waals surface area contributed by atoms with Gasteiger partial charge in [0.2, 0.25) is 5.91 Å². The lowest BCUT2D eigenvalue weighted by Gasteiger charge is -2.27. The number of carbonyl (C=O) groups is 1. The predicted octanol–water partition coefficient (Wildman–Crippen LogP) is 0.962. The first-order chi connectivity index (χ1) is 7.50. The molecule has 0 aromatic carbocycles. The summed E-state index contributed by atoms with van der Waals surface area (Å²) in [5.41, 5.74) is 4.81. The zero-order valence-electron chi connectivity index (χ0n) is 11.2. The molecule has 1 unspecified atom stereocenters. The molecule has 0 aliphatic heterocycles. The average molecular weight is 229 g/mol. The van der Waals surface area contributed by atoms with Crippen molar-refractivity contribution < 1.29 is 4.79 Å². The highest BCUT2D eigenvalue weighted by molar-refractivity contribution is 5.84. The van der Waals surface area contributed by atoms with E-state index in [1.165, 1.54) is 6.42 Å². The minimum absolute atomic E-state index is 0.270. The average Bonchev–Trinajstić information content (AvgIpc) is 2.27. The van der Waals surface area contributed by atoms with Crippen molar-refractivity contribution in [3.63, 3.8) is 0 Å². The molecule has 4 heteroatoms. The highest BCUT2D eigenvalue weighted by Gasteiger charge is 2.28. The summed E-state index contributed by atoms with van der Waals surface area (Å²) in [4.78, 5) is 13.7. The van der Waals surface area contributed by atoms with Gasteiger partial charge in [0.1, 0.15) is 0 Å². The van der Waals surface area contributed by atoms with Gasteiger partial charge in [-0.05, 0) is 52.9 Å². The number of hydrogen-bond acceptors (Lipinski definition) is 3. The molecule has 0 bridgehead atoms. The largest absolute Gasteiger partial charge is 0.368 e. The Morgan fingerprint density at radius 2 is 2.00 bits per heavy atom. The molecular formula is C12H27N3O. The SMILES string of the molecule is CCCN(CC)CCCC(C)(NC)C(N)=O. The van der Waals surface area contributed by atoms with Crippen molar-refractivity contribution in [1.82, 2.24) is 10.2 Å². The van der Waals surface area contributed by atoms with Gasteiger partial charge in [-0.1, -0.05) is 13.8 Å². The summed E-state index contributed by atoms with van der Waals surface area (Å²) >= 11 is 0. The first-order valence-electron chi connectivity index (χ1n) is 6.21. The molecule has 1 amide bonds. The molecule has 0 spiro atoms. The van der Waals surface area contributed by atoms with Crippen molar-refractivity contribution in [1.29, 1.82) is 0 Å². The van der Waals surface area contributed by atoms with Gasteiger partial charge < -0.3 is 16.0 Å². The van der Waals surface area contributed by atoms with E-state index in [4.69, 9.17) is 5.73 Å². The minimum Gasteiger partial charge on any atom is -0.368 e. The molecule has 0 fully saturated rings. The minimum atomic E-state index is -0.564. The molecule has 4 nitrogen and oxygen atoms in total. The molecule has 0 aromatic rings. The van der Waals surface area contributed by atoms with Gasteiger partial charge in [-0.15, -0.1) is 0 Å². The second-order valence-corrected chi connectivity index (χ2v) is 4.48. The Bertz CT molecular complexity index is 208. The Kier molecular flexibility index (Phi) is 7.34. The number of carbonyl (C=O) groups excluding carboxylic acids is 1. The third-order valence-corrected chi connectivity index (χ3v) is 3.23. The highest BCUT2D eigenvalue weighted by Crippen LogP contribution is 2.11. The molecular weight excluding hydrogens is 202 g/mol. The first kappa shape index (κ1) is 15.4. The zero-order chi connectivity index (χ0) is 12.6. The van der Waals surface area contributed by atoms with Gasteiger partial charge in [0.25, 0.3) is 0 Å². The molecule has 0 heterocycles. The Hall–Kier alpha value is -0.610. The number of rotatable bonds is 9. The van der Waals surface area contributed by atoms with Crippen LogP contribution in [0.25, 0.3) is 0 Å². The number of likely N-dealkylation sites (N-methyl/N-ethyl adjacent to an activating group) is 1. The van der Waals surface area contributed by atoms with Crippen LogP contribution in [-0.2, 0) is 4.79 Å². The van der Waals surface area contributed by atoms with E-state index in [0.29, 0.717) is 0 Å². The molecule has 3 N–H and O–H groups in total. The molecule has 0 aliphatic rings. The highest BCUT2D eigenvalue weighted by atomic mass is 16.1. The lowest BCUT2D eigenvalue weighted by Crippen LogP contribution is -2.51. The molecule has 0 saturated heterocycles. The third-order valence-electron chi connectivity index (χ3n) is 3.23. The number of amides is 1. The summed E-state index contributed by atoms with van der Waals surface area (Å²) in [7, 11) is 1.79. The van der Waals surface area contributed by atoms with E-state index in [0.717, 1.165) is 32.5 Å². The normalized spacial score (nSPS) is 15.1. The predicted molar refractivity (Wildman–Crippen MR) is 68.3 cm³/mol. The topological polar surface area (TPSA) is 58.4 Å². The van der Waals surface area contributed by atoms with Crippen LogP contribution in [0.5, 0.6) is 0 Å². The maximum atomic E-state index is 11.3. The molecule has 0 aliphatic carbocycles.